The Balaban J connectivity index is 0.00000261. The van der Waals surface area contributed by atoms with Crippen molar-refractivity contribution in [3.05, 3.63) is 29.8 Å². The second kappa shape index (κ2) is 9.56. The van der Waals surface area contributed by atoms with Gasteiger partial charge in [-0.2, -0.15) is 0 Å². The largest absolute Gasteiger partial charge is 0.343 e. The van der Waals surface area contributed by atoms with Crippen LogP contribution in [0.2, 0.25) is 0 Å². The van der Waals surface area contributed by atoms with Crippen LogP contribution in [0.3, 0.4) is 0 Å². The SMILES string of the molecule is CCN(CC)C(=O)Cc1ccc(NC(=O)[C@@]23CCCC[C@H]2CNC3)cc1.Cl. The molecule has 150 valence electrons. The van der Waals surface area contributed by atoms with Crippen LogP contribution in [0, 0.1) is 11.3 Å². The molecule has 1 aliphatic carbocycles. The molecule has 6 heteroatoms. The summed E-state index contributed by atoms with van der Waals surface area (Å²) >= 11 is 0. The molecule has 1 saturated heterocycles. The zero-order chi connectivity index (χ0) is 18.6. The number of carbonyl (C=O) groups is 2. The van der Waals surface area contributed by atoms with Crippen LogP contribution in [0.4, 0.5) is 5.69 Å². The first-order valence-corrected chi connectivity index (χ1v) is 9.98. The first-order valence-electron chi connectivity index (χ1n) is 9.98. The van der Waals surface area contributed by atoms with Crippen LogP contribution in [-0.4, -0.2) is 42.9 Å². The van der Waals surface area contributed by atoms with Gasteiger partial charge in [0.15, 0.2) is 0 Å². The van der Waals surface area contributed by atoms with Crippen molar-refractivity contribution in [2.45, 2.75) is 46.0 Å². The van der Waals surface area contributed by atoms with E-state index in [1.165, 1.54) is 6.42 Å². The van der Waals surface area contributed by atoms with Gasteiger partial charge >= 0.3 is 0 Å². The Morgan fingerprint density at radius 1 is 1.19 bits per heavy atom. The summed E-state index contributed by atoms with van der Waals surface area (Å²) in [5.74, 6) is 0.758. The lowest BCUT2D eigenvalue weighted by Crippen LogP contribution is -2.44. The Kier molecular flexibility index (Phi) is 7.68. The van der Waals surface area contributed by atoms with Gasteiger partial charge in [-0.15, -0.1) is 12.4 Å². The van der Waals surface area contributed by atoms with Gasteiger partial charge < -0.3 is 15.5 Å². The molecule has 2 amide bonds. The average molecular weight is 394 g/mol. The van der Waals surface area contributed by atoms with Gasteiger partial charge in [0.2, 0.25) is 11.8 Å². The monoisotopic (exact) mass is 393 g/mol. The van der Waals surface area contributed by atoms with E-state index >= 15 is 0 Å². The molecule has 5 nitrogen and oxygen atoms in total. The predicted molar refractivity (Wildman–Crippen MR) is 111 cm³/mol. The van der Waals surface area contributed by atoms with E-state index in [4.69, 9.17) is 0 Å². The van der Waals surface area contributed by atoms with E-state index in [1.807, 2.05) is 43.0 Å². The Hall–Kier alpha value is -1.59. The number of hydrogen-bond donors (Lipinski definition) is 2. The molecule has 0 aromatic heterocycles. The molecule has 1 heterocycles. The topological polar surface area (TPSA) is 61.4 Å². The molecule has 2 N–H and O–H groups in total. The van der Waals surface area contributed by atoms with E-state index in [9.17, 15) is 9.59 Å². The molecule has 2 aliphatic rings. The number of amides is 2. The number of nitrogens with zero attached hydrogens (tertiary/aromatic N) is 1. The maximum absolute atomic E-state index is 13.0. The Labute approximate surface area is 168 Å². The number of nitrogens with one attached hydrogen (secondary N) is 2. The number of benzene rings is 1. The summed E-state index contributed by atoms with van der Waals surface area (Å²) in [6.45, 7) is 7.22. The van der Waals surface area contributed by atoms with Gasteiger partial charge in [0.1, 0.15) is 0 Å². The molecule has 2 atom stereocenters. The molecule has 0 radical (unpaired) electrons. The zero-order valence-electron chi connectivity index (χ0n) is 16.4. The van der Waals surface area contributed by atoms with Crippen molar-refractivity contribution in [1.82, 2.24) is 10.2 Å². The molecule has 1 saturated carbocycles. The fraction of sp³-hybridized carbons (Fsp3) is 0.619. The number of likely N-dealkylation sites (N-methyl/N-ethyl adjacent to an activating group) is 1. The highest BCUT2D eigenvalue weighted by atomic mass is 35.5. The average Bonchev–Trinajstić information content (AvgIpc) is 3.10. The maximum Gasteiger partial charge on any atom is 0.232 e. The molecule has 0 spiro atoms. The molecule has 1 aromatic carbocycles. The number of rotatable bonds is 6. The molecule has 2 fully saturated rings. The van der Waals surface area contributed by atoms with Crippen LogP contribution in [-0.2, 0) is 16.0 Å². The summed E-state index contributed by atoms with van der Waals surface area (Å²) in [4.78, 5) is 27.0. The molecule has 0 unspecified atom stereocenters. The highest BCUT2D eigenvalue weighted by molar-refractivity contribution is 5.96. The third-order valence-electron chi connectivity index (χ3n) is 6.17. The second-order valence-corrected chi connectivity index (χ2v) is 7.62. The van der Waals surface area contributed by atoms with Crippen molar-refractivity contribution in [1.29, 1.82) is 0 Å². The van der Waals surface area contributed by atoms with E-state index < -0.39 is 0 Å². The van der Waals surface area contributed by atoms with Crippen LogP contribution in [0.15, 0.2) is 24.3 Å². The van der Waals surface area contributed by atoms with Crippen LogP contribution in [0.25, 0.3) is 0 Å². The molecule has 0 bridgehead atoms. The summed E-state index contributed by atoms with van der Waals surface area (Å²) in [5.41, 5.74) is 1.56. The second-order valence-electron chi connectivity index (χ2n) is 7.62. The summed E-state index contributed by atoms with van der Waals surface area (Å²) in [7, 11) is 0. The van der Waals surface area contributed by atoms with Gasteiger partial charge in [-0.3, -0.25) is 9.59 Å². The first kappa shape index (κ1) is 21.7. The van der Waals surface area contributed by atoms with Gasteiger partial charge in [-0.05, 0) is 56.8 Å². The summed E-state index contributed by atoms with van der Waals surface area (Å²) in [5, 5.41) is 6.55. The van der Waals surface area contributed by atoms with Crippen molar-refractivity contribution in [3.63, 3.8) is 0 Å². The Morgan fingerprint density at radius 3 is 2.56 bits per heavy atom. The summed E-state index contributed by atoms with van der Waals surface area (Å²) in [6.07, 6.45) is 4.90. The lowest BCUT2D eigenvalue weighted by Gasteiger charge is -2.37. The zero-order valence-corrected chi connectivity index (χ0v) is 17.2. The molecular formula is C21H32ClN3O2. The van der Waals surface area contributed by atoms with Gasteiger partial charge in [-0.25, -0.2) is 0 Å². The van der Waals surface area contributed by atoms with Gasteiger partial charge in [-0.1, -0.05) is 25.0 Å². The highest BCUT2D eigenvalue weighted by Crippen LogP contribution is 2.44. The van der Waals surface area contributed by atoms with E-state index in [2.05, 4.69) is 10.6 Å². The standard InChI is InChI=1S/C21H31N3O2.ClH/c1-3-24(4-2)19(25)13-16-8-10-18(11-9-16)23-20(26)21-12-6-5-7-17(21)14-22-15-21;/h8-11,17,22H,3-7,12-15H2,1-2H3,(H,23,26);1H/t17-,21+;/m0./s1. The fourth-order valence-electron chi connectivity index (χ4n) is 4.51. The number of hydrogen-bond acceptors (Lipinski definition) is 3. The normalized spacial score (nSPS) is 23.9. The number of fused-ring (bicyclic) bond motifs is 1. The van der Waals surface area contributed by atoms with E-state index in [0.717, 1.165) is 56.7 Å². The number of carbonyl (C=O) groups excluding carboxylic acids is 2. The predicted octanol–water partition coefficient (Wildman–Crippen LogP) is 3.24. The number of anilines is 1. The van der Waals surface area contributed by atoms with E-state index in [-0.39, 0.29) is 29.6 Å². The smallest absolute Gasteiger partial charge is 0.232 e. The minimum absolute atomic E-state index is 0. The molecular weight excluding hydrogens is 362 g/mol. The van der Waals surface area contributed by atoms with Crippen LogP contribution in [0.5, 0.6) is 0 Å². The van der Waals surface area contributed by atoms with Crippen molar-refractivity contribution in [2.75, 3.05) is 31.5 Å². The van der Waals surface area contributed by atoms with Gasteiger partial charge in [0, 0.05) is 25.3 Å². The number of halogens is 1. The minimum Gasteiger partial charge on any atom is -0.343 e. The van der Waals surface area contributed by atoms with Crippen LogP contribution < -0.4 is 10.6 Å². The molecule has 27 heavy (non-hydrogen) atoms. The maximum atomic E-state index is 13.0. The van der Waals surface area contributed by atoms with Crippen molar-refractivity contribution in [3.8, 4) is 0 Å². The lowest BCUT2D eigenvalue weighted by atomic mass is 9.67. The summed E-state index contributed by atoms with van der Waals surface area (Å²) in [6, 6.07) is 7.72. The Bertz CT molecular complexity index is 645. The fourth-order valence-corrected chi connectivity index (χ4v) is 4.51. The van der Waals surface area contributed by atoms with E-state index in [0.29, 0.717) is 12.3 Å². The van der Waals surface area contributed by atoms with Crippen LogP contribution >= 0.6 is 12.4 Å². The third-order valence-corrected chi connectivity index (χ3v) is 6.17. The summed E-state index contributed by atoms with van der Waals surface area (Å²) < 4.78 is 0. The van der Waals surface area contributed by atoms with Crippen molar-refractivity contribution < 1.29 is 9.59 Å². The van der Waals surface area contributed by atoms with Crippen LogP contribution in [0.1, 0.15) is 45.1 Å². The van der Waals surface area contributed by atoms with Gasteiger partial charge in [0.25, 0.3) is 0 Å². The van der Waals surface area contributed by atoms with Crippen molar-refractivity contribution in [2.24, 2.45) is 11.3 Å². The quantitative estimate of drug-likeness (QED) is 0.779. The Morgan fingerprint density at radius 2 is 1.89 bits per heavy atom. The molecule has 3 rings (SSSR count). The van der Waals surface area contributed by atoms with Crippen molar-refractivity contribution >= 4 is 29.9 Å². The molecule has 1 aliphatic heterocycles. The van der Waals surface area contributed by atoms with E-state index in [1.54, 1.807) is 0 Å². The third kappa shape index (κ3) is 4.64. The lowest BCUT2D eigenvalue weighted by molar-refractivity contribution is -0.130. The highest BCUT2D eigenvalue weighted by Gasteiger charge is 2.49. The molecule has 1 aromatic rings. The minimum atomic E-state index is -0.240. The first-order chi connectivity index (χ1) is 12.6. The van der Waals surface area contributed by atoms with Gasteiger partial charge in [0.05, 0.1) is 11.8 Å².